The molecule has 5 nitrogen and oxygen atoms in total. The van der Waals surface area contributed by atoms with E-state index >= 15 is 0 Å². The summed E-state index contributed by atoms with van der Waals surface area (Å²) in [5.74, 6) is -1.20. The van der Waals surface area contributed by atoms with E-state index in [1.54, 1.807) is 6.07 Å². The lowest BCUT2D eigenvalue weighted by atomic mass is 10.1. The van der Waals surface area contributed by atoms with Crippen molar-refractivity contribution in [2.45, 2.75) is 0 Å². The number of amides is 1. The third-order valence-corrected chi connectivity index (χ3v) is 3.24. The Kier molecular flexibility index (Phi) is 4.18. The number of carbonyl (C=O) groups is 1. The minimum Gasteiger partial charge on any atom is -0.309 e. The molecule has 0 atom stereocenters. The third kappa shape index (κ3) is 3.00. The molecular weight excluding hydrogens is 299 g/mol. The molecule has 7 heteroatoms. The van der Waals surface area contributed by atoms with Crippen molar-refractivity contribution in [2.24, 2.45) is 0 Å². The molecule has 0 saturated carbocycles. The SMILES string of the molecule is CN(C(=O)c1cc([N+](=O)[O-])ccc1Cl)c1ccccc1F. The Balaban J connectivity index is 2.42. The van der Waals surface area contributed by atoms with Gasteiger partial charge in [0.15, 0.2) is 0 Å². The van der Waals surface area contributed by atoms with Crippen molar-refractivity contribution in [2.75, 3.05) is 11.9 Å². The molecule has 0 radical (unpaired) electrons. The number of rotatable bonds is 3. The van der Waals surface area contributed by atoms with Gasteiger partial charge in [0.25, 0.3) is 11.6 Å². The lowest BCUT2D eigenvalue weighted by Gasteiger charge is -2.18. The van der Waals surface area contributed by atoms with E-state index in [1.807, 2.05) is 0 Å². The maximum Gasteiger partial charge on any atom is 0.270 e. The molecule has 21 heavy (non-hydrogen) atoms. The molecule has 1 amide bonds. The summed E-state index contributed by atoms with van der Waals surface area (Å²) in [6.07, 6.45) is 0. The lowest BCUT2D eigenvalue weighted by Crippen LogP contribution is -2.27. The Hall–Kier alpha value is -2.47. The molecule has 0 saturated heterocycles. The quantitative estimate of drug-likeness (QED) is 0.642. The molecule has 2 aromatic rings. The number of benzene rings is 2. The van der Waals surface area contributed by atoms with Gasteiger partial charge in [-0.05, 0) is 18.2 Å². The molecule has 0 N–H and O–H groups in total. The highest BCUT2D eigenvalue weighted by molar-refractivity contribution is 6.34. The second-order valence-corrected chi connectivity index (χ2v) is 4.64. The van der Waals surface area contributed by atoms with Gasteiger partial charge in [-0.15, -0.1) is 0 Å². The summed E-state index contributed by atoms with van der Waals surface area (Å²) < 4.78 is 13.7. The van der Waals surface area contributed by atoms with Crippen molar-refractivity contribution in [1.29, 1.82) is 0 Å². The van der Waals surface area contributed by atoms with Crippen molar-refractivity contribution < 1.29 is 14.1 Å². The molecule has 0 unspecified atom stereocenters. The van der Waals surface area contributed by atoms with Crippen LogP contribution in [0.4, 0.5) is 15.8 Å². The average Bonchev–Trinajstić information content (AvgIpc) is 2.46. The van der Waals surface area contributed by atoms with Crippen LogP contribution in [0, 0.1) is 15.9 Å². The second kappa shape index (κ2) is 5.88. The smallest absolute Gasteiger partial charge is 0.270 e. The molecule has 0 bridgehead atoms. The van der Waals surface area contributed by atoms with Crippen LogP contribution >= 0.6 is 11.6 Å². The van der Waals surface area contributed by atoms with Crippen LogP contribution in [0.1, 0.15) is 10.4 Å². The lowest BCUT2D eigenvalue weighted by molar-refractivity contribution is -0.384. The van der Waals surface area contributed by atoms with Crippen LogP contribution in [0.2, 0.25) is 5.02 Å². The van der Waals surface area contributed by atoms with Crippen LogP contribution in [0.5, 0.6) is 0 Å². The van der Waals surface area contributed by atoms with Gasteiger partial charge in [-0.3, -0.25) is 14.9 Å². The van der Waals surface area contributed by atoms with E-state index in [1.165, 1.54) is 37.4 Å². The first-order valence-electron chi connectivity index (χ1n) is 5.88. The zero-order chi connectivity index (χ0) is 15.6. The molecule has 2 aromatic carbocycles. The van der Waals surface area contributed by atoms with Gasteiger partial charge in [-0.25, -0.2) is 4.39 Å². The number of hydrogen-bond donors (Lipinski definition) is 0. The number of nitro benzene ring substituents is 1. The molecule has 0 aromatic heterocycles. The van der Waals surface area contributed by atoms with Gasteiger partial charge >= 0.3 is 0 Å². The molecular formula is C14H10ClFN2O3. The monoisotopic (exact) mass is 308 g/mol. The summed E-state index contributed by atoms with van der Waals surface area (Å²) in [5.41, 5.74) is -0.258. The van der Waals surface area contributed by atoms with Gasteiger partial charge < -0.3 is 4.90 Å². The molecule has 0 aliphatic rings. The first-order chi connectivity index (χ1) is 9.91. The standard InChI is InChI=1S/C14H10ClFN2O3/c1-17(13-5-3-2-4-12(13)16)14(19)10-8-9(18(20)21)6-7-11(10)15/h2-8H,1H3. The Bertz CT molecular complexity index is 721. The first-order valence-corrected chi connectivity index (χ1v) is 6.26. The van der Waals surface area contributed by atoms with Crippen LogP contribution in [0.15, 0.2) is 42.5 Å². The van der Waals surface area contributed by atoms with Gasteiger partial charge in [0, 0.05) is 19.2 Å². The van der Waals surface area contributed by atoms with Crippen molar-refractivity contribution in [3.63, 3.8) is 0 Å². The van der Waals surface area contributed by atoms with Gasteiger partial charge in [0.2, 0.25) is 0 Å². The molecule has 0 aliphatic carbocycles. The number of nitro groups is 1. The van der Waals surface area contributed by atoms with E-state index in [2.05, 4.69) is 0 Å². The first kappa shape index (κ1) is 14.9. The molecule has 0 fully saturated rings. The molecule has 2 rings (SSSR count). The fourth-order valence-electron chi connectivity index (χ4n) is 1.80. The summed E-state index contributed by atoms with van der Waals surface area (Å²) in [4.78, 5) is 23.5. The van der Waals surface area contributed by atoms with E-state index in [4.69, 9.17) is 11.6 Å². The van der Waals surface area contributed by atoms with E-state index in [0.29, 0.717) is 0 Å². The van der Waals surface area contributed by atoms with Gasteiger partial charge in [0.1, 0.15) is 5.82 Å². The van der Waals surface area contributed by atoms with Crippen LogP contribution in [0.25, 0.3) is 0 Å². The maximum atomic E-state index is 13.7. The zero-order valence-corrected chi connectivity index (χ0v) is 11.7. The molecule has 0 spiro atoms. The largest absolute Gasteiger partial charge is 0.309 e. The van der Waals surface area contributed by atoms with Crippen LogP contribution in [-0.2, 0) is 0 Å². The van der Waals surface area contributed by atoms with Gasteiger partial charge in [0.05, 0.1) is 21.2 Å². The highest BCUT2D eigenvalue weighted by atomic mass is 35.5. The van der Waals surface area contributed by atoms with Crippen molar-refractivity contribution in [3.8, 4) is 0 Å². The number of carbonyl (C=O) groups excluding carboxylic acids is 1. The number of para-hydroxylation sites is 1. The normalized spacial score (nSPS) is 10.2. The minimum atomic E-state index is -0.631. The van der Waals surface area contributed by atoms with Gasteiger partial charge in [-0.1, -0.05) is 23.7 Å². The predicted molar refractivity (Wildman–Crippen MR) is 77.2 cm³/mol. The second-order valence-electron chi connectivity index (χ2n) is 4.24. The van der Waals surface area contributed by atoms with E-state index < -0.39 is 16.6 Å². The zero-order valence-electron chi connectivity index (χ0n) is 10.9. The summed E-state index contributed by atoms with van der Waals surface area (Å²) in [6, 6.07) is 9.26. The number of hydrogen-bond acceptors (Lipinski definition) is 3. The van der Waals surface area contributed by atoms with E-state index in [9.17, 15) is 19.3 Å². The highest BCUT2D eigenvalue weighted by Gasteiger charge is 2.21. The molecule has 0 heterocycles. The Morgan fingerprint density at radius 3 is 2.57 bits per heavy atom. The minimum absolute atomic E-state index is 0.0587. The summed E-state index contributed by atoms with van der Waals surface area (Å²) in [5, 5.41) is 10.8. The average molecular weight is 309 g/mol. The van der Waals surface area contributed by atoms with Gasteiger partial charge in [-0.2, -0.15) is 0 Å². The Morgan fingerprint density at radius 2 is 1.95 bits per heavy atom. The number of halogens is 2. The number of non-ortho nitro benzene ring substituents is 1. The third-order valence-electron chi connectivity index (χ3n) is 2.91. The molecule has 108 valence electrons. The highest BCUT2D eigenvalue weighted by Crippen LogP contribution is 2.26. The number of anilines is 1. The summed E-state index contributed by atoms with van der Waals surface area (Å²) >= 11 is 5.90. The van der Waals surface area contributed by atoms with Crippen molar-refractivity contribution in [1.82, 2.24) is 0 Å². The Labute approximate surface area is 124 Å². The summed E-state index contributed by atoms with van der Waals surface area (Å²) in [6.45, 7) is 0. The van der Waals surface area contributed by atoms with Crippen LogP contribution in [0.3, 0.4) is 0 Å². The van der Waals surface area contributed by atoms with Crippen molar-refractivity contribution >= 4 is 28.9 Å². The fourth-order valence-corrected chi connectivity index (χ4v) is 2.00. The maximum absolute atomic E-state index is 13.7. The van der Waals surface area contributed by atoms with Crippen LogP contribution < -0.4 is 4.90 Å². The summed E-state index contributed by atoms with van der Waals surface area (Å²) in [7, 11) is 1.37. The van der Waals surface area contributed by atoms with Crippen molar-refractivity contribution in [3.05, 3.63) is 69.0 Å². The topological polar surface area (TPSA) is 63.5 Å². The van der Waals surface area contributed by atoms with E-state index in [0.717, 1.165) is 11.0 Å². The fraction of sp³-hybridized carbons (Fsp3) is 0.0714. The predicted octanol–water partition coefficient (Wildman–Crippen LogP) is 3.66. The van der Waals surface area contributed by atoms with Crippen LogP contribution in [-0.4, -0.2) is 17.9 Å². The van der Waals surface area contributed by atoms with E-state index in [-0.39, 0.29) is 22.0 Å². The number of nitrogens with zero attached hydrogens (tertiary/aromatic N) is 2. The molecule has 0 aliphatic heterocycles. The Morgan fingerprint density at radius 1 is 1.29 bits per heavy atom.